The van der Waals surface area contributed by atoms with Crippen molar-refractivity contribution in [3.63, 3.8) is 0 Å². The number of hydrogen-bond acceptors (Lipinski definition) is 8. The van der Waals surface area contributed by atoms with Gasteiger partial charge in [-0.25, -0.2) is 14.8 Å². The van der Waals surface area contributed by atoms with Crippen LogP contribution in [-0.4, -0.2) is 50.4 Å². The molecule has 1 aromatic carbocycles. The summed E-state index contributed by atoms with van der Waals surface area (Å²) in [6, 6.07) is 3.45. The number of rotatable bonds is 9. The van der Waals surface area contributed by atoms with Crippen molar-refractivity contribution in [1.82, 2.24) is 9.97 Å². The summed E-state index contributed by atoms with van der Waals surface area (Å²) >= 11 is 0. The Kier molecular flexibility index (Phi) is 7.64. The number of nitrogens with zero attached hydrogens (tertiary/aromatic N) is 2. The van der Waals surface area contributed by atoms with E-state index in [1.54, 1.807) is 19.2 Å². The molecular weight excluding hydrogens is 374 g/mol. The first-order valence-corrected chi connectivity index (χ1v) is 9.47. The second kappa shape index (κ2) is 9.95. The summed E-state index contributed by atoms with van der Waals surface area (Å²) in [5, 5.41) is 3.38. The van der Waals surface area contributed by atoms with Gasteiger partial charge in [0, 0.05) is 6.04 Å². The van der Waals surface area contributed by atoms with Crippen LogP contribution in [0.3, 0.4) is 0 Å². The second-order valence-electron chi connectivity index (χ2n) is 6.42. The van der Waals surface area contributed by atoms with Crippen LogP contribution in [0.1, 0.15) is 42.7 Å². The predicted octanol–water partition coefficient (Wildman–Crippen LogP) is 3.86. The van der Waals surface area contributed by atoms with Crippen LogP contribution in [0.2, 0.25) is 0 Å². The highest BCUT2D eigenvalue weighted by Crippen LogP contribution is 2.41. The van der Waals surface area contributed by atoms with Gasteiger partial charge in [0.1, 0.15) is 17.2 Å². The van der Waals surface area contributed by atoms with Crippen molar-refractivity contribution in [2.24, 2.45) is 0 Å². The van der Waals surface area contributed by atoms with Gasteiger partial charge in [-0.05, 0) is 31.9 Å². The number of anilines is 1. The quantitative estimate of drug-likeness (QED) is 0.631. The molecule has 0 aliphatic carbocycles. The lowest BCUT2D eigenvalue weighted by atomic mass is 10.0. The minimum absolute atomic E-state index is 0.270. The van der Waals surface area contributed by atoms with E-state index < -0.39 is 5.97 Å². The molecule has 0 fully saturated rings. The maximum Gasteiger partial charge on any atom is 0.338 e. The molecule has 1 aromatic heterocycles. The number of benzene rings is 1. The number of nitrogens with one attached hydrogen (secondary N) is 1. The standard InChI is InChI=1S/C21H29N3O5/c1-8-14(9-2)23-19-20(28-6)24-18(12(3)22-19)17-15(26-4)10-13(21(25)29-7)11-16(17)27-5/h10-11,14H,8-9H2,1-7H3,(H,22,23). The minimum atomic E-state index is -0.488. The topological polar surface area (TPSA) is 91.8 Å². The molecule has 0 radical (unpaired) electrons. The van der Waals surface area contributed by atoms with Crippen molar-refractivity contribution in [2.45, 2.75) is 39.7 Å². The molecule has 0 amide bonds. The largest absolute Gasteiger partial charge is 0.496 e. The first-order valence-electron chi connectivity index (χ1n) is 9.47. The molecule has 0 aliphatic heterocycles. The fraction of sp³-hybridized carbons (Fsp3) is 0.476. The number of ether oxygens (including phenoxy) is 4. The molecule has 8 heteroatoms. The highest BCUT2D eigenvalue weighted by Gasteiger charge is 2.23. The van der Waals surface area contributed by atoms with E-state index in [0.717, 1.165) is 12.8 Å². The highest BCUT2D eigenvalue weighted by molar-refractivity contribution is 5.93. The van der Waals surface area contributed by atoms with Crippen LogP contribution in [0.25, 0.3) is 11.3 Å². The summed E-state index contributed by atoms with van der Waals surface area (Å²) in [7, 11) is 5.90. The van der Waals surface area contributed by atoms with E-state index in [4.69, 9.17) is 18.9 Å². The van der Waals surface area contributed by atoms with Gasteiger partial charge >= 0.3 is 5.97 Å². The fourth-order valence-corrected chi connectivity index (χ4v) is 3.04. The molecule has 0 saturated carbocycles. The van der Waals surface area contributed by atoms with E-state index in [-0.39, 0.29) is 6.04 Å². The van der Waals surface area contributed by atoms with Crippen molar-refractivity contribution in [3.05, 3.63) is 23.4 Å². The Balaban J connectivity index is 2.66. The van der Waals surface area contributed by atoms with Gasteiger partial charge in [-0.3, -0.25) is 0 Å². The zero-order chi connectivity index (χ0) is 21.6. The number of aryl methyl sites for hydroxylation is 1. The number of aromatic nitrogens is 2. The Morgan fingerprint density at radius 3 is 2.03 bits per heavy atom. The molecule has 2 rings (SSSR count). The molecule has 0 unspecified atom stereocenters. The fourth-order valence-electron chi connectivity index (χ4n) is 3.04. The summed E-state index contributed by atoms with van der Waals surface area (Å²) in [6.07, 6.45) is 1.91. The molecule has 158 valence electrons. The summed E-state index contributed by atoms with van der Waals surface area (Å²) in [4.78, 5) is 21.3. The number of methoxy groups -OCH3 is 4. The van der Waals surface area contributed by atoms with E-state index in [0.29, 0.717) is 45.7 Å². The van der Waals surface area contributed by atoms with Crippen LogP contribution in [0, 0.1) is 6.92 Å². The molecular formula is C21H29N3O5. The van der Waals surface area contributed by atoms with Crippen molar-refractivity contribution in [2.75, 3.05) is 33.8 Å². The average molecular weight is 403 g/mol. The van der Waals surface area contributed by atoms with Gasteiger partial charge < -0.3 is 24.3 Å². The zero-order valence-electron chi connectivity index (χ0n) is 18.1. The monoisotopic (exact) mass is 403 g/mol. The molecule has 0 bridgehead atoms. The van der Waals surface area contributed by atoms with Crippen LogP contribution in [0.15, 0.2) is 12.1 Å². The van der Waals surface area contributed by atoms with Gasteiger partial charge in [0.15, 0.2) is 5.82 Å². The Morgan fingerprint density at radius 1 is 1.00 bits per heavy atom. The van der Waals surface area contributed by atoms with E-state index in [2.05, 4.69) is 29.1 Å². The van der Waals surface area contributed by atoms with E-state index in [1.807, 2.05) is 6.92 Å². The number of carbonyl (C=O) groups excluding carboxylic acids is 1. The van der Waals surface area contributed by atoms with E-state index in [9.17, 15) is 4.79 Å². The van der Waals surface area contributed by atoms with E-state index in [1.165, 1.54) is 21.3 Å². The predicted molar refractivity (Wildman–Crippen MR) is 111 cm³/mol. The molecule has 1 N–H and O–H groups in total. The third kappa shape index (κ3) is 4.70. The van der Waals surface area contributed by atoms with Crippen LogP contribution < -0.4 is 19.5 Å². The Hall–Kier alpha value is -3.03. The van der Waals surface area contributed by atoms with Gasteiger partial charge in [-0.2, -0.15) is 0 Å². The maximum atomic E-state index is 12.0. The Bertz CT molecular complexity index is 841. The SMILES string of the molecule is CCC(CC)Nc1nc(C)c(-c2c(OC)cc(C(=O)OC)cc2OC)nc1OC. The lowest BCUT2D eigenvalue weighted by Crippen LogP contribution is -2.19. The van der Waals surface area contributed by atoms with Crippen molar-refractivity contribution in [3.8, 4) is 28.6 Å². The first kappa shape index (κ1) is 22.3. The number of carbonyl (C=O) groups is 1. The lowest BCUT2D eigenvalue weighted by molar-refractivity contribution is 0.0600. The van der Waals surface area contributed by atoms with Crippen molar-refractivity contribution >= 4 is 11.8 Å². The average Bonchev–Trinajstić information content (AvgIpc) is 2.75. The molecule has 2 aromatic rings. The molecule has 8 nitrogen and oxygen atoms in total. The Morgan fingerprint density at radius 2 is 1.59 bits per heavy atom. The number of esters is 1. The van der Waals surface area contributed by atoms with Crippen LogP contribution in [0.4, 0.5) is 5.82 Å². The van der Waals surface area contributed by atoms with Gasteiger partial charge in [-0.15, -0.1) is 0 Å². The van der Waals surface area contributed by atoms with Crippen molar-refractivity contribution in [1.29, 1.82) is 0 Å². The van der Waals surface area contributed by atoms with Crippen LogP contribution >= 0.6 is 0 Å². The van der Waals surface area contributed by atoms with Gasteiger partial charge in [-0.1, -0.05) is 13.8 Å². The summed E-state index contributed by atoms with van der Waals surface area (Å²) in [5.41, 5.74) is 2.11. The smallest absolute Gasteiger partial charge is 0.338 e. The summed E-state index contributed by atoms with van der Waals surface area (Å²) in [5.74, 6) is 1.32. The molecule has 0 atom stereocenters. The molecule has 0 saturated heterocycles. The van der Waals surface area contributed by atoms with Gasteiger partial charge in [0.05, 0.1) is 45.3 Å². The lowest BCUT2D eigenvalue weighted by Gasteiger charge is -2.20. The first-order chi connectivity index (χ1) is 13.9. The molecule has 0 spiro atoms. The molecule has 0 aliphatic rings. The molecule has 29 heavy (non-hydrogen) atoms. The summed E-state index contributed by atoms with van der Waals surface area (Å²) < 4.78 is 21.3. The highest BCUT2D eigenvalue weighted by atomic mass is 16.5. The maximum absolute atomic E-state index is 12.0. The van der Waals surface area contributed by atoms with Gasteiger partial charge in [0.2, 0.25) is 0 Å². The second-order valence-corrected chi connectivity index (χ2v) is 6.42. The zero-order valence-corrected chi connectivity index (χ0v) is 18.1. The normalized spacial score (nSPS) is 10.6. The third-order valence-corrected chi connectivity index (χ3v) is 4.72. The van der Waals surface area contributed by atoms with Crippen LogP contribution in [-0.2, 0) is 4.74 Å². The van der Waals surface area contributed by atoms with Gasteiger partial charge in [0.25, 0.3) is 5.88 Å². The number of hydrogen-bond donors (Lipinski definition) is 1. The molecule has 1 heterocycles. The summed E-state index contributed by atoms with van der Waals surface area (Å²) in [6.45, 7) is 6.08. The van der Waals surface area contributed by atoms with Crippen LogP contribution in [0.5, 0.6) is 17.4 Å². The van der Waals surface area contributed by atoms with Crippen molar-refractivity contribution < 1.29 is 23.7 Å². The van der Waals surface area contributed by atoms with E-state index >= 15 is 0 Å². The Labute approximate surface area is 171 Å². The third-order valence-electron chi connectivity index (χ3n) is 4.72. The minimum Gasteiger partial charge on any atom is -0.496 e.